The summed E-state index contributed by atoms with van der Waals surface area (Å²) in [4.78, 5) is 10.8. The molecule has 0 aliphatic heterocycles. The average molecular weight is 307 g/mol. The van der Waals surface area contributed by atoms with Crippen molar-refractivity contribution in [3.05, 3.63) is 21.3 Å². The van der Waals surface area contributed by atoms with Crippen LogP contribution in [-0.4, -0.2) is 25.2 Å². The van der Waals surface area contributed by atoms with Crippen LogP contribution in [0.3, 0.4) is 0 Å². The fourth-order valence-corrected chi connectivity index (χ4v) is 1.82. The van der Waals surface area contributed by atoms with E-state index in [1.165, 1.54) is 7.11 Å². The summed E-state index contributed by atoms with van der Waals surface area (Å²) in [7, 11) is 3.23. The number of carboxylic acids is 1. The van der Waals surface area contributed by atoms with Gasteiger partial charge in [0.2, 0.25) is 0 Å². The maximum atomic E-state index is 10.8. The van der Waals surface area contributed by atoms with E-state index in [9.17, 15) is 4.79 Å². The summed E-state index contributed by atoms with van der Waals surface area (Å²) in [6.45, 7) is 0. The number of rotatable bonds is 3. The molecule has 14 heavy (non-hydrogen) atoms. The van der Waals surface area contributed by atoms with Gasteiger partial charge in [0.15, 0.2) is 0 Å². The Morgan fingerprint density at radius 2 is 2.21 bits per heavy atom. The van der Waals surface area contributed by atoms with E-state index in [2.05, 4.69) is 27.9 Å². The van der Waals surface area contributed by atoms with E-state index in [1.54, 1.807) is 19.2 Å². The molecule has 0 aromatic heterocycles. The Morgan fingerprint density at radius 1 is 1.57 bits per heavy atom. The van der Waals surface area contributed by atoms with E-state index < -0.39 is 5.97 Å². The number of aromatic carboxylic acids is 1. The molecule has 0 radical (unpaired) electrons. The second-order valence-electron chi connectivity index (χ2n) is 2.59. The van der Waals surface area contributed by atoms with Gasteiger partial charge in [0.1, 0.15) is 11.3 Å². The lowest BCUT2D eigenvalue weighted by atomic mass is 10.2. The maximum Gasteiger partial charge on any atom is 0.339 e. The highest BCUT2D eigenvalue weighted by atomic mass is 127. The topological polar surface area (TPSA) is 58.6 Å². The zero-order valence-corrected chi connectivity index (χ0v) is 9.95. The third-order valence-electron chi connectivity index (χ3n) is 1.79. The Balaban J connectivity index is 3.31. The highest BCUT2D eigenvalue weighted by molar-refractivity contribution is 14.1. The molecule has 4 nitrogen and oxygen atoms in total. The number of ether oxygens (including phenoxy) is 1. The van der Waals surface area contributed by atoms with Crippen molar-refractivity contribution in [1.29, 1.82) is 0 Å². The normalized spacial score (nSPS) is 9.64. The van der Waals surface area contributed by atoms with Gasteiger partial charge >= 0.3 is 5.97 Å². The Morgan fingerprint density at radius 3 is 2.64 bits per heavy atom. The SMILES string of the molecule is CNc1cc(OC)c(C(=O)O)cc1I. The molecule has 0 aliphatic carbocycles. The standard InChI is InChI=1S/C9H10INO3/c1-11-7-4-8(14-2)5(9(12)13)3-6(7)10/h3-4,11H,1-2H3,(H,12,13). The van der Waals surface area contributed by atoms with Crippen LogP contribution in [0, 0.1) is 3.57 Å². The molecule has 0 unspecified atom stereocenters. The van der Waals surface area contributed by atoms with Crippen molar-refractivity contribution in [2.75, 3.05) is 19.5 Å². The summed E-state index contributed by atoms with van der Waals surface area (Å²) >= 11 is 2.07. The zero-order valence-electron chi connectivity index (χ0n) is 7.80. The molecule has 0 amide bonds. The highest BCUT2D eigenvalue weighted by Gasteiger charge is 2.13. The van der Waals surface area contributed by atoms with E-state index in [0.29, 0.717) is 5.75 Å². The number of hydrogen-bond donors (Lipinski definition) is 2. The number of halogens is 1. The Labute approximate surface area is 95.4 Å². The number of carbonyl (C=O) groups is 1. The van der Waals surface area contributed by atoms with Crippen molar-refractivity contribution in [3.63, 3.8) is 0 Å². The van der Waals surface area contributed by atoms with Crippen molar-refractivity contribution in [2.24, 2.45) is 0 Å². The van der Waals surface area contributed by atoms with E-state index in [1.807, 2.05) is 0 Å². The van der Waals surface area contributed by atoms with Gasteiger partial charge in [-0.25, -0.2) is 4.79 Å². The summed E-state index contributed by atoms with van der Waals surface area (Å²) in [5.41, 5.74) is 1.03. The van der Waals surface area contributed by atoms with Crippen LogP contribution in [0.2, 0.25) is 0 Å². The highest BCUT2D eigenvalue weighted by Crippen LogP contribution is 2.28. The molecule has 1 rings (SSSR count). The molecule has 0 bridgehead atoms. The van der Waals surface area contributed by atoms with Gasteiger partial charge in [-0.2, -0.15) is 0 Å². The number of methoxy groups -OCH3 is 1. The molecule has 0 saturated carbocycles. The number of nitrogens with one attached hydrogen (secondary N) is 1. The van der Waals surface area contributed by atoms with Gasteiger partial charge in [0.25, 0.3) is 0 Å². The molecule has 2 N–H and O–H groups in total. The number of anilines is 1. The van der Waals surface area contributed by atoms with Gasteiger partial charge in [0, 0.05) is 16.7 Å². The summed E-state index contributed by atoms with van der Waals surface area (Å²) < 4.78 is 5.83. The van der Waals surface area contributed by atoms with E-state index in [-0.39, 0.29) is 5.56 Å². The third kappa shape index (κ3) is 2.09. The lowest BCUT2D eigenvalue weighted by Gasteiger charge is -2.09. The molecule has 0 aliphatic rings. The second-order valence-corrected chi connectivity index (χ2v) is 3.75. The van der Waals surface area contributed by atoms with Gasteiger partial charge in [-0.15, -0.1) is 0 Å². The minimum atomic E-state index is -0.984. The second kappa shape index (κ2) is 4.50. The van der Waals surface area contributed by atoms with Gasteiger partial charge in [-0.3, -0.25) is 0 Å². The van der Waals surface area contributed by atoms with Gasteiger partial charge < -0.3 is 15.2 Å². The largest absolute Gasteiger partial charge is 0.496 e. The molecule has 1 aromatic rings. The first-order valence-corrected chi connectivity index (χ1v) is 4.96. The molecule has 0 atom stereocenters. The van der Waals surface area contributed by atoms with Gasteiger partial charge in [0.05, 0.1) is 12.8 Å². The first-order valence-electron chi connectivity index (χ1n) is 3.88. The predicted octanol–water partition coefficient (Wildman–Crippen LogP) is 2.04. The molecular weight excluding hydrogens is 297 g/mol. The van der Waals surface area contributed by atoms with Gasteiger partial charge in [-0.1, -0.05) is 0 Å². The summed E-state index contributed by atoms with van der Waals surface area (Å²) in [6, 6.07) is 3.25. The monoisotopic (exact) mass is 307 g/mol. The van der Waals surface area contributed by atoms with Crippen LogP contribution in [0.25, 0.3) is 0 Å². The Bertz CT molecular complexity index is 365. The van der Waals surface area contributed by atoms with E-state index in [0.717, 1.165) is 9.26 Å². The quantitative estimate of drug-likeness (QED) is 0.839. The predicted molar refractivity (Wildman–Crippen MR) is 62.2 cm³/mol. The number of carboxylic acid groups (broad SMARTS) is 1. The third-order valence-corrected chi connectivity index (χ3v) is 2.68. The summed E-state index contributed by atoms with van der Waals surface area (Å²) in [5, 5.41) is 11.8. The lowest BCUT2D eigenvalue weighted by Crippen LogP contribution is -2.03. The van der Waals surface area contributed by atoms with Crippen LogP contribution in [0.1, 0.15) is 10.4 Å². The fraction of sp³-hybridized carbons (Fsp3) is 0.222. The average Bonchev–Trinajstić information content (AvgIpc) is 2.17. The summed E-state index contributed by atoms with van der Waals surface area (Å²) in [6.07, 6.45) is 0. The minimum Gasteiger partial charge on any atom is -0.496 e. The molecule has 0 heterocycles. The van der Waals surface area contributed by atoms with Crippen LogP contribution >= 0.6 is 22.6 Å². The van der Waals surface area contributed by atoms with Crippen molar-refractivity contribution in [1.82, 2.24) is 0 Å². The molecule has 5 heteroatoms. The molecule has 1 aromatic carbocycles. The van der Waals surface area contributed by atoms with Crippen LogP contribution in [0.15, 0.2) is 12.1 Å². The fourth-order valence-electron chi connectivity index (χ4n) is 1.08. The molecule has 0 fully saturated rings. The van der Waals surface area contributed by atoms with Crippen molar-refractivity contribution < 1.29 is 14.6 Å². The van der Waals surface area contributed by atoms with Gasteiger partial charge in [-0.05, 0) is 28.7 Å². The van der Waals surface area contributed by atoms with E-state index in [4.69, 9.17) is 9.84 Å². The first kappa shape index (κ1) is 11.1. The number of benzene rings is 1. The van der Waals surface area contributed by atoms with Crippen LogP contribution in [0.4, 0.5) is 5.69 Å². The minimum absolute atomic E-state index is 0.177. The number of hydrogen-bond acceptors (Lipinski definition) is 3. The van der Waals surface area contributed by atoms with E-state index >= 15 is 0 Å². The zero-order chi connectivity index (χ0) is 10.7. The molecular formula is C9H10INO3. The smallest absolute Gasteiger partial charge is 0.339 e. The Hall–Kier alpha value is -0.980. The van der Waals surface area contributed by atoms with Crippen molar-refractivity contribution in [3.8, 4) is 5.75 Å². The van der Waals surface area contributed by atoms with Crippen LogP contribution in [0.5, 0.6) is 5.75 Å². The molecule has 76 valence electrons. The van der Waals surface area contributed by atoms with Crippen LogP contribution in [-0.2, 0) is 0 Å². The maximum absolute atomic E-state index is 10.8. The first-order chi connectivity index (χ1) is 6.60. The Kier molecular flexibility index (Phi) is 3.56. The lowest BCUT2D eigenvalue weighted by molar-refractivity contribution is 0.0693. The molecule has 0 spiro atoms. The van der Waals surface area contributed by atoms with Crippen molar-refractivity contribution >= 4 is 34.2 Å². The molecule has 0 saturated heterocycles. The van der Waals surface area contributed by atoms with Crippen molar-refractivity contribution in [2.45, 2.75) is 0 Å². The van der Waals surface area contributed by atoms with Crippen LogP contribution < -0.4 is 10.1 Å². The summed E-state index contributed by atoms with van der Waals surface area (Å²) in [5.74, 6) is -0.621.